The third-order valence-electron chi connectivity index (χ3n) is 1.90. The Kier molecular flexibility index (Phi) is 6.56. The number of hydrogen-bond acceptors (Lipinski definition) is 3. The molecule has 94 valence electrons. The van der Waals surface area contributed by atoms with Gasteiger partial charge >= 0.3 is 0 Å². The minimum absolute atomic E-state index is 0.136. The van der Waals surface area contributed by atoms with Gasteiger partial charge in [0.2, 0.25) is 0 Å². The molecule has 0 bridgehead atoms. The molecule has 0 atom stereocenters. The smallest absolute Gasteiger partial charge is 0.118 e. The van der Waals surface area contributed by atoms with Gasteiger partial charge in [-0.25, -0.2) is 0 Å². The zero-order valence-corrected chi connectivity index (χ0v) is 12.7. The maximum atomic E-state index is 5.70. The number of aliphatic imine (C=N–C) groups is 1. The van der Waals surface area contributed by atoms with Crippen molar-refractivity contribution in [3.8, 4) is 0 Å². The molecule has 2 N–H and O–H groups in total. The first-order chi connectivity index (χ1) is 7.22. The van der Waals surface area contributed by atoms with Crippen molar-refractivity contribution in [3.63, 3.8) is 0 Å². The maximum absolute atomic E-state index is 5.70. The molecule has 0 aliphatic carbocycles. The van der Waals surface area contributed by atoms with Gasteiger partial charge < -0.3 is 5.73 Å². The maximum Gasteiger partial charge on any atom is 0.118 e. The van der Waals surface area contributed by atoms with Gasteiger partial charge in [0, 0.05) is 10.5 Å². The van der Waals surface area contributed by atoms with E-state index in [0.717, 1.165) is 12.2 Å². The highest BCUT2D eigenvalue weighted by atomic mass is 33.1. The molecule has 0 fully saturated rings. The molecule has 0 rings (SSSR count). The summed E-state index contributed by atoms with van der Waals surface area (Å²) in [5.74, 6) is 1.65. The van der Waals surface area contributed by atoms with Gasteiger partial charge in [0.1, 0.15) is 5.84 Å². The van der Waals surface area contributed by atoms with Gasteiger partial charge in [0.15, 0.2) is 0 Å². The largest absolute Gasteiger partial charge is 0.384 e. The molecule has 0 saturated heterocycles. The van der Waals surface area contributed by atoms with E-state index in [9.17, 15) is 0 Å². The van der Waals surface area contributed by atoms with Crippen molar-refractivity contribution in [1.82, 2.24) is 0 Å². The van der Waals surface area contributed by atoms with Crippen molar-refractivity contribution in [2.24, 2.45) is 10.7 Å². The summed E-state index contributed by atoms with van der Waals surface area (Å²) < 4.78 is 0.203. The molecular formula is C12H24N2S2. The van der Waals surface area contributed by atoms with Crippen LogP contribution in [0.15, 0.2) is 17.6 Å². The normalized spacial score (nSPS) is 13.9. The highest BCUT2D eigenvalue weighted by molar-refractivity contribution is 8.77. The van der Waals surface area contributed by atoms with E-state index < -0.39 is 0 Å². The van der Waals surface area contributed by atoms with Crippen LogP contribution in [0.3, 0.4) is 0 Å². The predicted molar refractivity (Wildman–Crippen MR) is 80.3 cm³/mol. The zero-order chi connectivity index (χ0) is 12.8. The van der Waals surface area contributed by atoms with Crippen LogP contribution in [0, 0.1) is 0 Å². The monoisotopic (exact) mass is 260 g/mol. The summed E-state index contributed by atoms with van der Waals surface area (Å²) in [5, 5.41) is 0. The zero-order valence-electron chi connectivity index (χ0n) is 11.0. The third kappa shape index (κ3) is 7.23. The summed E-state index contributed by atoms with van der Waals surface area (Å²) in [5.41, 5.74) is 5.56. The fourth-order valence-corrected chi connectivity index (χ4v) is 4.06. The molecule has 0 aromatic carbocycles. The Morgan fingerprint density at radius 3 is 2.38 bits per heavy atom. The molecule has 0 aliphatic rings. The van der Waals surface area contributed by atoms with E-state index in [4.69, 9.17) is 5.73 Å². The predicted octanol–water partition coefficient (Wildman–Crippen LogP) is 3.88. The van der Waals surface area contributed by atoms with Crippen LogP contribution in [0.25, 0.3) is 0 Å². The highest BCUT2D eigenvalue weighted by Crippen LogP contribution is 2.41. The second kappa shape index (κ2) is 6.60. The Bertz CT molecular complexity index is 258. The third-order valence-corrected chi connectivity index (χ3v) is 5.26. The van der Waals surface area contributed by atoms with Crippen LogP contribution in [0.4, 0.5) is 0 Å². The van der Waals surface area contributed by atoms with Crippen molar-refractivity contribution in [3.05, 3.63) is 12.7 Å². The lowest BCUT2D eigenvalue weighted by atomic mass is 9.93. The second-order valence-corrected chi connectivity index (χ2v) is 8.27. The minimum Gasteiger partial charge on any atom is -0.384 e. The SMILES string of the molecule is C=CC(N)=NC(C)(C)CC(C)(C)SSCC. The molecule has 0 heterocycles. The summed E-state index contributed by atoms with van der Waals surface area (Å²) in [7, 11) is 3.82. The Morgan fingerprint density at radius 2 is 1.94 bits per heavy atom. The Balaban J connectivity index is 4.50. The van der Waals surface area contributed by atoms with Gasteiger partial charge in [-0.2, -0.15) is 0 Å². The Hall–Kier alpha value is -0.0900. The van der Waals surface area contributed by atoms with Crippen LogP contribution in [0.1, 0.15) is 41.0 Å². The Morgan fingerprint density at radius 1 is 1.38 bits per heavy atom. The first-order valence-corrected chi connectivity index (χ1v) is 7.83. The molecule has 0 unspecified atom stereocenters. The van der Waals surface area contributed by atoms with Crippen molar-refractivity contribution in [2.75, 3.05) is 5.75 Å². The molecular weight excluding hydrogens is 236 g/mol. The molecule has 4 heteroatoms. The standard InChI is InChI=1S/C12H24N2S2/c1-7-10(13)14-11(3,4)9-12(5,6)16-15-8-2/h7H,1,8-9H2,2-6H3,(H2,13,14). The van der Waals surface area contributed by atoms with Crippen molar-refractivity contribution < 1.29 is 0 Å². The number of rotatable bonds is 7. The quantitative estimate of drug-likeness (QED) is 0.429. The number of hydrogen-bond donors (Lipinski definition) is 1. The van der Waals surface area contributed by atoms with Crippen LogP contribution in [-0.2, 0) is 0 Å². The van der Waals surface area contributed by atoms with Crippen molar-refractivity contribution in [1.29, 1.82) is 0 Å². The molecule has 0 aromatic rings. The molecule has 2 nitrogen and oxygen atoms in total. The second-order valence-electron chi connectivity index (χ2n) is 4.98. The van der Waals surface area contributed by atoms with E-state index >= 15 is 0 Å². The van der Waals surface area contributed by atoms with Crippen molar-refractivity contribution in [2.45, 2.75) is 51.3 Å². The van der Waals surface area contributed by atoms with Crippen LogP contribution >= 0.6 is 21.6 Å². The van der Waals surface area contributed by atoms with E-state index in [1.165, 1.54) is 0 Å². The van der Waals surface area contributed by atoms with Gasteiger partial charge in [-0.05, 0) is 40.2 Å². The average Bonchev–Trinajstić information content (AvgIpc) is 2.12. The van der Waals surface area contributed by atoms with Crippen LogP contribution in [0.5, 0.6) is 0 Å². The molecule has 0 saturated carbocycles. The summed E-state index contributed by atoms with van der Waals surface area (Å²) in [6.45, 7) is 14.5. The van der Waals surface area contributed by atoms with E-state index in [2.05, 4.69) is 46.2 Å². The van der Waals surface area contributed by atoms with Crippen LogP contribution in [-0.4, -0.2) is 21.9 Å². The van der Waals surface area contributed by atoms with Gasteiger partial charge in [-0.3, -0.25) is 4.99 Å². The number of nitrogens with zero attached hydrogens (tertiary/aromatic N) is 1. The molecule has 0 aromatic heterocycles. The van der Waals surface area contributed by atoms with E-state index in [-0.39, 0.29) is 10.3 Å². The number of amidine groups is 1. The first kappa shape index (κ1) is 15.9. The minimum atomic E-state index is -0.136. The van der Waals surface area contributed by atoms with Gasteiger partial charge in [-0.15, -0.1) is 0 Å². The van der Waals surface area contributed by atoms with E-state index in [0.29, 0.717) is 5.84 Å². The van der Waals surface area contributed by atoms with Crippen LogP contribution in [0.2, 0.25) is 0 Å². The lowest BCUT2D eigenvalue weighted by Gasteiger charge is -2.31. The summed E-state index contributed by atoms with van der Waals surface area (Å²) >= 11 is 0. The Labute approximate surface area is 108 Å². The molecule has 0 aliphatic heterocycles. The lowest BCUT2D eigenvalue weighted by Crippen LogP contribution is -2.31. The molecule has 0 amide bonds. The molecule has 0 spiro atoms. The van der Waals surface area contributed by atoms with E-state index in [1.54, 1.807) is 6.08 Å². The van der Waals surface area contributed by atoms with Crippen molar-refractivity contribution >= 4 is 27.4 Å². The van der Waals surface area contributed by atoms with E-state index in [1.807, 2.05) is 21.6 Å². The summed E-state index contributed by atoms with van der Waals surface area (Å²) in [6, 6.07) is 0. The summed E-state index contributed by atoms with van der Waals surface area (Å²) in [4.78, 5) is 4.47. The number of nitrogens with two attached hydrogens (primary N) is 1. The summed E-state index contributed by atoms with van der Waals surface area (Å²) in [6.07, 6.45) is 2.59. The average molecular weight is 260 g/mol. The van der Waals surface area contributed by atoms with Crippen LogP contribution < -0.4 is 5.73 Å². The van der Waals surface area contributed by atoms with Gasteiger partial charge in [0.05, 0.1) is 5.54 Å². The van der Waals surface area contributed by atoms with Gasteiger partial charge in [0.25, 0.3) is 0 Å². The molecule has 0 radical (unpaired) electrons. The lowest BCUT2D eigenvalue weighted by molar-refractivity contribution is 0.428. The fourth-order valence-electron chi connectivity index (χ4n) is 1.72. The highest BCUT2D eigenvalue weighted by Gasteiger charge is 2.29. The van der Waals surface area contributed by atoms with Gasteiger partial charge in [-0.1, -0.05) is 35.1 Å². The topological polar surface area (TPSA) is 38.4 Å². The molecule has 16 heavy (non-hydrogen) atoms. The fraction of sp³-hybridized carbons (Fsp3) is 0.750. The first-order valence-electron chi connectivity index (χ1n) is 5.51.